The molecule has 0 nitrogen and oxygen atoms in total. The minimum Gasteiger partial charge on any atom is -0.0622 e. The topological polar surface area (TPSA) is 0 Å². The first kappa shape index (κ1) is 15.6. The fourth-order valence-electron chi connectivity index (χ4n) is 2.85. The van der Waals surface area contributed by atoms with Gasteiger partial charge in [0, 0.05) is 0 Å². The predicted octanol–water partition coefficient (Wildman–Crippen LogP) is 6.00. The van der Waals surface area contributed by atoms with Crippen LogP contribution in [0.15, 0.2) is 84.9 Å². The van der Waals surface area contributed by atoms with Crippen molar-refractivity contribution in [3.05, 3.63) is 113 Å². The van der Waals surface area contributed by atoms with Crippen LogP contribution in [0.2, 0.25) is 0 Å². The Labute approximate surface area is 139 Å². The molecule has 0 spiro atoms. The highest BCUT2D eigenvalue weighted by Crippen LogP contribution is 2.32. The van der Waals surface area contributed by atoms with Crippen LogP contribution in [-0.2, 0) is 5.41 Å². The quantitative estimate of drug-likeness (QED) is 0.520. The van der Waals surface area contributed by atoms with Crippen LogP contribution in [0.25, 0.3) is 0 Å². The maximum atomic E-state index is 2.25. The summed E-state index contributed by atoms with van der Waals surface area (Å²) in [6.45, 7) is 6.75. The third-order valence-electron chi connectivity index (χ3n) is 4.16. The van der Waals surface area contributed by atoms with Gasteiger partial charge in [0.1, 0.15) is 0 Å². The van der Waals surface area contributed by atoms with Crippen molar-refractivity contribution in [3.8, 4) is 0 Å². The summed E-state index contributed by atoms with van der Waals surface area (Å²) in [4.78, 5) is 0. The van der Waals surface area contributed by atoms with Crippen molar-refractivity contribution >= 4 is 0 Å². The molecular formula is C23H23. The maximum Gasteiger partial charge on any atom is 0.0629 e. The monoisotopic (exact) mass is 299 g/mol. The zero-order valence-electron chi connectivity index (χ0n) is 14.1. The summed E-state index contributed by atoms with van der Waals surface area (Å²) in [5.74, 6) is 1.28. The summed E-state index contributed by atoms with van der Waals surface area (Å²) in [6, 6.07) is 30.2. The second-order valence-corrected chi connectivity index (χ2v) is 6.93. The summed E-state index contributed by atoms with van der Waals surface area (Å²) in [5, 5.41) is 0. The minimum atomic E-state index is 0.179. The third kappa shape index (κ3) is 3.53. The van der Waals surface area contributed by atoms with E-state index >= 15 is 0 Å². The summed E-state index contributed by atoms with van der Waals surface area (Å²) in [5.41, 5.74) is 5.31. The highest BCUT2D eigenvalue weighted by Gasteiger charge is 2.19. The van der Waals surface area contributed by atoms with Crippen LogP contribution in [0.5, 0.6) is 0 Å². The Morgan fingerprint density at radius 2 is 0.913 bits per heavy atom. The lowest BCUT2D eigenvalue weighted by molar-refractivity contribution is 0.590. The van der Waals surface area contributed by atoms with Gasteiger partial charge in [0.2, 0.25) is 0 Å². The Bertz CT molecular complexity index is 692. The second kappa shape index (κ2) is 6.42. The van der Waals surface area contributed by atoms with E-state index in [1.807, 2.05) is 0 Å². The van der Waals surface area contributed by atoms with Crippen molar-refractivity contribution in [1.29, 1.82) is 0 Å². The van der Waals surface area contributed by atoms with Gasteiger partial charge in [-0.25, -0.2) is 0 Å². The van der Waals surface area contributed by atoms with Crippen LogP contribution in [0.1, 0.15) is 43.0 Å². The van der Waals surface area contributed by atoms with Gasteiger partial charge >= 0.3 is 0 Å². The molecule has 0 unspecified atom stereocenters. The third-order valence-corrected chi connectivity index (χ3v) is 4.16. The molecule has 0 aliphatic heterocycles. The average Bonchev–Trinajstić information content (AvgIpc) is 2.57. The fourth-order valence-corrected chi connectivity index (χ4v) is 2.85. The number of rotatable bonds is 3. The summed E-state index contributed by atoms with van der Waals surface area (Å²) < 4.78 is 0. The number of hydrogen-bond acceptors (Lipinski definition) is 0. The Morgan fingerprint density at radius 1 is 0.522 bits per heavy atom. The van der Waals surface area contributed by atoms with Crippen LogP contribution in [0.4, 0.5) is 0 Å². The van der Waals surface area contributed by atoms with E-state index in [0.29, 0.717) is 0 Å². The molecule has 0 aliphatic rings. The molecule has 3 rings (SSSR count). The Balaban J connectivity index is 2.06. The molecule has 0 heteroatoms. The predicted molar refractivity (Wildman–Crippen MR) is 98.6 cm³/mol. The lowest BCUT2D eigenvalue weighted by Crippen LogP contribution is -2.11. The smallest absolute Gasteiger partial charge is 0.0622 e. The SMILES string of the molecule is CC(C)(C)c1ccc([C](c2ccccc2)c2ccccc2)cc1. The molecule has 3 aromatic rings. The summed E-state index contributed by atoms with van der Waals surface area (Å²) in [6.07, 6.45) is 0. The Hall–Kier alpha value is -2.34. The van der Waals surface area contributed by atoms with Gasteiger partial charge in [-0.1, -0.05) is 106 Å². The standard InChI is InChI=1S/C23H23/c1-23(2,3)21-16-14-20(15-17-21)22(18-10-6-4-7-11-18)19-12-8-5-9-13-19/h4-17H,1-3H3. The first-order chi connectivity index (χ1) is 11.1. The molecule has 0 saturated carbocycles. The molecule has 0 atom stereocenters. The minimum absolute atomic E-state index is 0.179. The molecular weight excluding hydrogens is 276 g/mol. The molecule has 0 heterocycles. The van der Waals surface area contributed by atoms with E-state index in [1.165, 1.54) is 28.2 Å². The highest BCUT2D eigenvalue weighted by molar-refractivity contribution is 5.57. The van der Waals surface area contributed by atoms with Gasteiger partial charge in [-0.05, 0) is 27.7 Å². The molecule has 0 saturated heterocycles. The molecule has 0 bridgehead atoms. The zero-order chi connectivity index (χ0) is 16.3. The normalized spacial score (nSPS) is 11.7. The Kier molecular flexibility index (Phi) is 4.34. The molecule has 0 aromatic heterocycles. The van der Waals surface area contributed by atoms with Crippen LogP contribution >= 0.6 is 0 Å². The number of benzene rings is 3. The van der Waals surface area contributed by atoms with Crippen molar-refractivity contribution in [2.75, 3.05) is 0 Å². The van der Waals surface area contributed by atoms with Crippen molar-refractivity contribution in [2.24, 2.45) is 0 Å². The lowest BCUT2D eigenvalue weighted by Gasteiger charge is -2.22. The van der Waals surface area contributed by atoms with E-state index in [9.17, 15) is 0 Å². The Morgan fingerprint density at radius 3 is 1.30 bits per heavy atom. The van der Waals surface area contributed by atoms with Crippen LogP contribution in [0.3, 0.4) is 0 Å². The van der Waals surface area contributed by atoms with Crippen LogP contribution < -0.4 is 0 Å². The van der Waals surface area contributed by atoms with E-state index in [0.717, 1.165) is 0 Å². The van der Waals surface area contributed by atoms with Crippen LogP contribution in [-0.4, -0.2) is 0 Å². The van der Waals surface area contributed by atoms with Crippen molar-refractivity contribution in [2.45, 2.75) is 26.2 Å². The van der Waals surface area contributed by atoms with Gasteiger partial charge in [-0.3, -0.25) is 0 Å². The van der Waals surface area contributed by atoms with Crippen molar-refractivity contribution < 1.29 is 0 Å². The maximum absolute atomic E-state index is 2.25. The summed E-state index contributed by atoms with van der Waals surface area (Å²) >= 11 is 0. The first-order valence-corrected chi connectivity index (χ1v) is 8.14. The van der Waals surface area contributed by atoms with Crippen molar-refractivity contribution in [1.82, 2.24) is 0 Å². The lowest BCUT2D eigenvalue weighted by atomic mass is 9.82. The van der Waals surface area contributed by atoms with Gasteiger partial charge < -0.3 is 0 Å². The summed E-state index contributed by atoms with van der Waals surface area (Å²) in [7, 11) is 0. The average molecular weight is 299 g/mol. The van der Waals surface area contributed by atoms with E-state index in [2.05, 4.69) is 106 Å². The van der Waals surface area contributed by atoms with Gasteiger partial charge in [-0.15, -0.1) is 0 Å². The largest absolute Gasteiger partial charge is 0.0629 e. The fraction of sp³-hybridized carbons (Fsp3) is 0.174. The van der Waals surface area contributed by atoms with Gasteiger partial charge in [0.05, 0.1) is 5.92 Å². The van der Waals surface area contributed by atoms with E-state index in [-0.39, 0.29) is 5.41 Å². The van der Waals surface area contributed by atoms with Gasteiger partial charge in [-0.2, -0.15) is 0 Å². The van der Waals surface area contributed by atoms with Crippen LogP contribution in [0, 0.1) is 5.92 Å². The van der Waals surface area contributed by atoms with E-state index < -0.39 is 0 Å². The first-order valence-electron chi connectivity index (χ1n) is 8.14. The number of hydrogen-bond donors (Lipinski definition) is 0. The van der Waals surface area contributed by atoms with Crippen molar-refractivity contribution in [3.63, 3.8) is 0 Å². The molecule has 3 aromatic carbocycles. The highest BCUT2D eigenvalue weighted by atomic mass is 14.2. The molecule has 0 N–H and O–H groups in total. The molecule has 0 aliphatic carbocycles. The molecule has 0 fully saturated rings. The van der Waals surface area contributed by atoms with Gasteiger partial charge in [0.15, 0.2) is 0 Å². The van der Waals surface area contributed by atoms with E-state index in [1.54, 1.807) is 0 Å². The zero-order valence-corrected chi connectivity index (χ0v) is 14.1. The molecule has 0 amide bonds. The molecule has 115 valence electrons. The second-order valence-electron chi connectivity index (χ2n) is 6.93. The van der Waals surface area contributed by atoms with E-state index in [4.69, 9.17) is 0 Å². The molecule has 1 radical (unpaired) electrons. The molecule has 23 heavy (non-hydrogen) atoms. The van der Waals surface area contributed by atoms with Gasteiger partial charge in [0.25, 0.3) is 0 Å².